The van der Waals surface area contributed by atoms with E-state index in [1.54, 1.807) is 24.3 Å². The number of rotatable bonds is 3. The number of nitrogens with two attached hydrogens (primary N) is 1. The Morgan fingerprint density at radius 2 is 1.84 bits per heavy atom. The molecule has 2 atom stereocenters. The fraction of sp³-hybridized carbons (Fsp3) is 0.533. The molecule has 2 N–H and O–H groups in total. The lowest BCUT2D eigenvalue weighted by molar-refractivity contribution is -0.136. The van der Waals surface area contributed by atoms with Crippen molar-refractivity contribution in [2.24, 2.45) is 11.8 Å². The molecule has 1 aliphatic heterocycles. The van der Waals surface area contributed by atoms with Gasteiger partial charge in [0.25, 0.3) is 5.91 Å². The zero-order chi connectivity index (χ0) is 13.8. The zero-order valence-corrected chi connectivity index (χ0v) is 11.6. The van der Waals surface area contributed by atoms with E-state index in [4.69, 9.17) is 10.5 Å². The van der Waals surface area contributed by atoms with Gasteiger partial charge in [-0.05, 0) is 42.5 Å². The zero-order valence-electron chi connectivity index (χ0n) is 11.6. The lowest BCUT2D eigenvalue weighted by Crippen LogP contribution is -2.44. The molecule has 0 aliphatic carbocycles. The molecular formula is C15H22N2O2. The van der Waals surface area contributed by atoms with E-state index in [0.717, 1.165) is 13.1 Å². The number of ether oxygens (including phenoxy) is 1. The van der Waals surface area contributed by atoms with Crippen molar-refractivity contribution in [3.8, 4) is 5.75 Å². The molecule has 0 aromatic heterocycles. The lowest BCUT2D eigenvalue weighted by Gasteiger charge is -2.34. The molecule has 1 fully saturated rings. The monoisotopic (exact) mass is 262 g/mol. The van der Waals surface area contributed by atoms with Gasteiger partial charge in [-0.3, -0.25) is 4.79 Å². The summed E-state index contributed by atoms with van der Waals surface area (Å²) in [5.74, 6) is 1.89. The van der Waals surface area contributed by atoms with Gasteiger partial charge < -0.3 is 15.4 Å². The van der Waals surface area contributed by atoms with Crippen molar-refractivity contribution < 1.29 is 9.53 Å². The Morgan fingerprint density at radius 3 is 2.42 bits per heavy atom. The molecule has 4 heteroatoms. The van der Waals surface area contributed by atoms with Crippen molar-refractivity contribution in [2.75, 3.05) is 25.4 Å². The summed E-state index contributed by atoms with van der Waals surface area (Å²) in [6, 6.07) is 7.10. The molecule has 1 aromatic rings. The fourth-order valence-corrected chi connectivity index (χ4v) is 2.67. The summed E-state index contributed by atoms with van der Waals surface area (Å²) in [6.45, 7) is 6.17. The van der Waals surface area contributed by atoms with Crippen LogP contribution in [0.5, 0.6) is 5.75 Å². The molecule has 2 rings (SSSR count). The van der Waals surface area contributed by atoms with Crippen LogP contribution in [0.15, 0.2) is 24.3 Å². The van der Waals surface area contributed by atoms with E-state index in [1.165, 1.54) is 6.42 Å². The van der Waals surface area contributed by atoms with Crippen LogP contribution in [0.1, 0.15) is 20.3 Å². The Kier molecular flexibility index (Phi) is 4.30. The van der Waals surface area contributed by atoms with Crippen LogP contribution in [0.25, 0.3) is 0 Å². The molecule has 0 saturated carbocycles. The Labute approximate surface area is 114 Å². The standard InChI is InChI=1S/C15H22N2O2/c1-11-7-12(2)9-17(8-11)15(18)10-19-14-5-3-13(16)4-6-14/h3-6,11-12H,7-10,16H2,1-2H3/t11-,12+. The number of likely N-dealkylation sites (tertiary alicyclic amines) is 1. The first-order valence-corrected chi connectivity index (χ1v) is 6.80. The Morgan fingerprint density at radius 1 is 1.26 bits per heavy atom. The molecule has 1 heterocycles. The van der Waals surface area contributed by atoms with Crippen LogP contribution in [0.3, 0.4) is 0 Å². The first kappa shape index (κ1) is 13.7. The summed E-state index contributed by atoms with van der Waals surface area (Å²) in [7, 11) is 0. The number of piperidine rings is 1. The van der Waals surface area contributed by atoms with Crippen LogP contribution >= 0.6 is 0 Å². The summed E-state index contributed by atoms with van der Waals surface area (Å²) in [5.41, 5.74) is 6.29. The second-order valence-electron chi connectivity index (χ2n) is 5.60. The number of hydrogen-bond donors (Lipinski definition) is 1. The molecule has 0 bridgehead atoms. The van der Waals surface area contributed by atoms with Gasteiger partial charge in [-0.15, -0.1) is 0 Å². The van der Waals surface area contributed by atoms with Gasteiger partial charge >= 0.3 is 0 Å². The van der Waals surface area contributed by atoms with E-state index >= 15 is 0 Å². The van der Waals surface area contributed by atoms with E-state index in [1.807, 2.05) is 4.90 Å². The van der Waals surface area contributed by atoms with Gasteiger partial charge in [-0.1, -0.05) is 13.8 Å². The number of carbonyl (C=O) groups is 1. The maximum atomic E-state index is 12.1. The minimum Gasteiger partial charge on any atom is -0.484 e. The maximum Gasteiger partial charge on any atom is 0.260 e. The van der Waals surface area contributed by atoms with Crippen LogP contribution in [0.4, 0.5) is 5.69 Å². The minimum absolute atomic E-state index is 0.0650. The summed E-state index contributed by atoms with van der Waals surface area (Å²) in [5, 5.41) is 0. The van der Waals surface area contributed by atoms with Crippen molar-refractivity contribution in [1.82, 2.24) is 4.90 Å². The molecular weight excluding hydrogens is 240 g/mol. The van der Waals surface area contributed by atoms with Crippen LogP contribution < -0.4 is 10.5 Å². The second kappa shape index (κ2) is 5.95. The second-order valence-corrected chi connectivity index (χ2v) is 5.60. The van der Waals surface area contributed by atoms with E-state index in [0.29, 0.717) is 23.3 Å². The molecule has 104 valence electrons. The highest BCUT2D eigenvalue weighted by molar-refractivity contribution is 5.77. The summed E-state index contributed by atoms with van der Waals surface area (Å²) >= 11 is 0. The smallest absolute Gasteiger partial charge is 0.260 e. The van der Waals surface area contributed by atoms with Gasteiger partial charge in [-0.2, -0.15) is 0 Å². The van der Waals surface area contributed by atoms with Crippen molar-refractivity contribution in [3.63, 3.8) is 0 Å². The quantitative estimate of drug-likeness (QED) is 0.849. The number of nitrogens with zero attached hydrogens (tertiary/aromatic N) is 1. The predicted octanol–water partition coefficient (Wildman–Crippen LogP) is 2.15. The van der Waals surface area contributed by atoms with Crippen LogP contribution in [-0.2, 0) is 4.79 Å². The number of benzene rings is 1. The highest BCUT2D eigenvalue weighted by atomic mass is 16.5. The topological polar surface area (TPSA) is 55.6 Å². The van der Waals surface area contributed by atoms with Crippen molar-refractivity contribution in [3.05, 3.63) is 24.3 Å². The minimum atomic E-state index is 0.0650. The SMILES string of the molecule is C[C@@H]1C[C@H](C)CN(C(=O)COc2ccc(N)cc2)C1. The number of anilines is 1. The molecule has 1 saturated heterocycles. The van der Waals surface area contributed by atoms with Crippen molar-refractivity contribution in [1.29, 1.82) is 0 Å². The predicted molar refractivity (Wildman–Crippen MR) is 75.9 cm³/mol. The molecule has 1 aliphatic rings. The average Bonchev–Trinajstić information content (AvgIpc) is 2.36. The average molecular weight is 262 g/mol. The van der Waals surface area contributed by atoms with E-state index < -0.39 is 0 Å². The van der Waals surface area contributed by atoms with Crippen LogP contribution in [-0.4, -0.2) is 30.5 Å². The van der Waals surface area contributed by atoms with Gasteiger partial charge in [0.05, 0.1) is 0 Å². The summed E-state index contributed by atoms with van der Waals surface area (Å²) < 4.78 is 5.50. The van der Waals surface area contributed by atoms with Gasteiger partial charge in [0.1, 0.15) is 5.75 Å². The van der Waals surface area contributed by atoms with Crippen molar-refractivity contribution >= 4 is 11.6 Å². The first-order valence-electron chi connectivity index (χ1n) is 6.80. The number of hydrogen-bond acceptors (Lipinski definition) is 3. The van der Waals surface area contributed by atoms with Gasteiger partial charge in [-0.25, -0.2) is 0 Å². The van der Waals surface area contributed by atoms with E-state index in [2.05, 4.69) is 13.8 Å². The first-order chi connectivity index (χ1) is 9.04. The largest absolute Gasteiger partial charge is 0.484 e. The van der Waals surface area contributed by atoms with Gasteiger partial charge in [0.15, 0.2) is 6.61 Å². The molecule has 0 radical (unpaired) electrons. The van der Waals surface area contributed by atoms with Gasteiger partial charge in [0.2, 0.25) is 0 Å². The third-order valence-corrected chi connectivity index (χ3v) is 3.46. The summed E-state index contributed by atoms with van der Waals surface area (Å²) in [6.07, 6.45) is 1.20. The van der Waals surface area contributed by atoms with Crippen LogP contribution in [0, 0.1) is 11.8 Å². The Bertz CT molecular complexity index is 420. The van der Waals surface area contributed by atoms with E-state index in [9.17, 15) is 4.79 Å². The maximum absolute atomic E-state index is 12.1. The number of carbonyl (C=O) groups excluding carboxylic acids is 1. The third-order valence-electron chi connectivity index (χ3n) is 3.46. The molecule has 0 spiro atoms. The highest BCUT2D eigenvalue weighted by Crippen LogP contribution is 2.21. The number of amides is 1. The van der Waals surface area contributed by atoms with Gasteiger partial charge in [0, 0.05) is 18.8 Å². The summed E-state index contributed by atoms with van der Waals surface area (Å²) in [4.78, 5) is 14.0. The number of nitrogen functional groups attached to an aromatic ring is 1. The normalized spacial score (nSPS) is 23.2. The molecule has 1 amide bonds. The van der Waals surface area contributed by atoms with E-state index in [-0.39, 0.29) is 12.5 Å². The highest BCUT2D eigenvalue weighted by Gasteiger charge is 2.25. The van der Waals surface area contributed by atoms with Crippen molar-refractivity contribution in [2.45, 2.75) is 20.3 Å². The molecule has 4 nitrogen and oxygen atoms in total. The molecule has 0 unspecified atom stereocenters. The van der Waals surface area contributed by atoms with Crippen LogP contribution in [0.2, 0.25) is 0 Å². The molecule has 1 aromatic carbocycles. The lowest BCUT2D eigenvalue weighted by atomic mass is 9.92. The molecule has 19 heavy (non-hydrogen) atoms. The third kappa shape index (κ3) is 3.88. The Balaban J connectivity index is 1.85. The Hall–Kier alpha value is -1.71. The fourth-order valence-electron chi connectivity index (χ4n) is 2.67.